The van der Waals surface area contributed by atoms with Crippen molar-refractivity contribution in [3.8, 4) is 5.75 Å². The molecule has 1 aromatic heterocycles. The number of carbonyl (C=O) groups excluding carboxylic acids is 3. The van der Waals surface area contributed by atoms with Gasteiger partial charge in [0.15, 0.2) is 5.79 Å². The third kappa shape index (κ3) is 12.9. The number of fused-ring (bicyclic) bond motifs is 2. The van der Waals surface area contributed by atoms with Gasteiger partial charge in [-0.15, -0.1) is 0 Å². The van der Waals surface area contributed by atoms with Crippen molar-refractivity contribution in [1.29, 1.82) is 0 Å². The Morgan fingerprint density at radius 2 is 1.57 bits per heavy atom. The molecule has 2 spiro atoms. The van der Waals surface area contributed by atoms with E-state index >= 15 is 0 Å². The molecule has 3 N–H and O–H groups in total. The summed E-state index contributed by atoms with van der Waals surface area (Å²) in [7, 11) is 0. The molecular formula is C63H87NaO16. The second-order valence-corrected chi connectivity index (χ2v) is 24.8. The summed E-state index contributed by atoms with van der Waals surface area (Å²) >= 11 is 0. The number of carbonyl (C=O) groups is 3. The first-order chi connectivity index (χ1) is 37.2. The van der Waals surface area contributed by atoms with Gasteiger partial charge in [0, 0.05) is 65.9 Å². The molecule has 16 nitrogen and oxygen atoms in total. The van der Waals surface area contributed by atoms with Gasteiger partial charge in [-0.2, -0.15) is 0 Å². The molecule has 9 rings (SSSR count). The Morgan fingerprint density at radius 1 is 0.875 bits per heavy atom. The first-order valence-electron chi connectivity index (χ1n) is 29.2. The van der Waals surface area contributed by atoms with Crippen molar-refractivity contribution in [3.63, 3.8) is 0 Å². The second-order valence-electron chi connectivity index (χ2n) is 24.8. The number of ether oxygens (including phenoxy) is 7. The summed E-state index contributed by atoms with van der Waals surface area (Å²) in [4.78, 5) is 50.0. The topological polar surface area (TPSA) is 230 Å². The maximum absolute atomic E-state index is 14.4. The maximum Gasteiger partial charge on any atom is 1.00 e. The molecule has 17 heteroatoms. The van der Waals surface area contributed by atoms with Crippen LogP contribution in [0.3, 0.4) is 0 Å². The first-order valence-corrected chi connectivity index (χ1v) is 29.2. The fourth-order valence-electron chi connectivity index (χ4n) is 13.6. The molecule has 6 aliphatic rings. The molecular weight excluding hydrogens is 1040 g/mol. The van der Waals surface area contributed by atoms with Crippen LogP contribution in [-0.2, 0) is 44.4 Å². The maximum atomic E-state index is 14.4. The normalized spacial score (nSPS) is 35.8. The summed E-state index contributed by atoms with van der Waals surface area (Å²) in [5, 5.41) is 46.8. The fourth-order valence-corrected chi connectivity index (χ4v) is 13.6. The van der Waals surface area contributed by atoms with Crippen LogP contribution in [0.5, 0.6) is 5.75 Å². The van der Waals surface area contributed by atoms with E-state index in [2.05, 4.69) is 20.8 Å². The molecule has 436 valence electrons. The van der Waals surface area contributed by atoms with Crippen LogP contribution in [0, 0.1) is 41.4 Å². The minimum Gasteiger partial charge on any atom is -0.550 e. The predicted molar refractivity (Wildman–Crippen MR) is 293 cm³/mol. The van der Waals surface area contributed by atoms with Crippen molar-refractivity contribution >= 4 is 28.7 Å². The van der Waals surface area contributed by atoms with Crippen LogP contribution in [-0.4, -0.2) is 110 Å². The minimum atomic E-state index is -1.37. The Hall–Kier alpha value is -3.52. The van der Waals surface area contributed by atoms with Crippen molar-refractivity contribution < 1.29 is 102 Å². The standard InChI is InChI=1S/C42H70O11.C21H18O5.Na/c1-11-29(38(46)47)31-15-14-23(4)36(50-31)27(8)34(44)26(7)35(45)30(12-2)37-24(5)22-25(6)41(51-37)19-16-32(43)42(53-41)21-20-39(10,52-42)33-17-18-40(48,13-3)28(9)49-33;1-21(2,26-20(23)13-6-4-3-5-7-13)18-11-15-10-14-8-9-19(22)25-16(14)12-17(15)24-18;/h16,19,23-34,36-37,43-44,48H,11-15,17-18,20-22H2,1-10H3,(H,46,47);3-10,12,18H,11H2,1-2H3;/q;;+1/p-1. The first kappa shape index (κ1) is 64.0. The van der Waals surface area contributed by atoms with E-state index in [1.54, 1.807) is 55.5 Å². The van der Waals surface area contributed by atoms with Gasteiger partial charge in [-0.25, -0.2) is 9.59 Å². The van der Waals surface area contributed by atoms with Crippen molar-refractivity contribution in [3.05, 3.63) is 88.3 Å². The van der Waals surface area contributed by atoms with Crippen molar-refractivity contribution in [1.82, 2.24) is 0 Å². The summed E-state index contributed by atoms with van der Waals surface area (Å²) in [5.41, 5.74) is -0.869. The van der Waals surface area contributed by atoms with E-state index in [0.29, 0.717) is 81.1 Å². The van der Waals surface area contributed by atoms with Crippen LogP contribution >= 0.6 is 0 Å². The van der Waals surface area contributed by atoms with Gasteiger partial charge >= 0.3 is 41.2 Å². The Morgan fingerprint density at radius 3 is 2.23 bits per heavy atom. The smallest absolute Gasteiger partial charge is 0.550 e. The molecule has 6 aliphatic heterocycles. The van der Waals surface area contributed by atoms with Gasteiger partial charge in [0.25, 0.3) is 0 Å². The zero-order chi connectivity index (χ0) is 57.6. The van der Waals surface area contributed by atoms with Gasteiger partial charge in [0.05, 0.1) is 53.4 Å². The average molecular weight is 1120 g/mol. The number of aliphatic hydroxyl groups excluding tert-OH is 2. The SMILES string of the molecule is CC(C)(OC(=O)c1ccccc1)C1Cc2cc3ccc(=O)oc3cc2O1.CCC(C(=O)[O-])C1CCC(C)C(C(C)C(O)C(C)C(=O)C(CC)C2OC3(C=CC(O)C4(CCC(C)(C5CCC(O)(CC)C(C)O5)O4)O3)C(C)CC2C)O1.[Na+]. The van der Waals surface area contributed by atoms with Gasteiger partial charge in [-0.1, -0.05) is 73.6 Å². The van der Waals surface area contributed by atoms with Gasteiger partial charge in [0.1, 0.15) is 34.9 Å². The molecule has 0 bridgehead atoms. The number of ketones is 1. The van der Waals surface area contributed by atoms with Crippen LogP contribution in [0.4, 0.5) is 0 Å². The number of esters is 1. The minimum absolute atomic E-state index is 0. The van der Waals surface area contributed by atoms with E-state index in [1.807, 2.05) is 67.5 Å². The van der Waals surface area contributed by atoms with Crippen molar-refractivity contribution in [2.45, 2.75) is 231 Å². The number of benzene rings is 2. The van der Waals surface area contributed by atoms with Crippen LogP contribution in [0.25, 0.3) is 11.0 Å². The average Bonchev–Trinajstić information content (AvgIpc) is 4.01. The molecule has 19 unspecified atom stereocenters. The molecule has 4 fully saturated rings. The number of carboxylic acid groups (broad SMARTS) is 1. The van der Waals surface area contributed by atoms with E-state index in [1.165, 1.54) is 6.07 Å². The van der Waals surface area contributed by atoms with E-state index < -0.39 is 94.2 Å². The van der Waals surface area contributed by atoms with E-state index in [9.17, 15) is 39.6 Å². The number of Topliss-reactive ketones (excluding diaryl/α,β-unsaturated/α-hetero) is 1. The number of hydrogen-bond donors (Lipinski definition) is 3. The van der Waals surface area contributed by atoms with E-state index in [-0.39, 0.29) is 77.4 Å². The molecule has 80 heavy (non-hydrogen) atoms. The third-order valence-corrected chi connectivity index (χ3v) is 19.0. The quantitative estimate of drug-likeness (QED) is 0.0729. The fraction of sp³-hybridized carbons (Fsp3) is 0.683. The predicted octanol–water partition coefficient (Wildman–Crippen LogP) is 5.59. The summed E-state index contributed by atoms with van der Waals surface area (Å²) in [6, 6.07) is 15.7. The third-order valence-electron chi connectivity index (χ3n) is 19.0. The Labute approximate surface area is 494 Å². The monoisotopic (exact) mass is 1120 g/mol. The zero-order valence-electron chi connectivity index (χ0n) is 49.4. The van der Waals surface area contributed by atoms with Gasteiger partial charge in [0.2, 0.25) is 5.79 Å². The molecule has 2 aromatic carbocycles. The van der Waals surface area contributed by atoms with E-state index in [4.69, 9.17) is 37.6 Å². The van der Waals surface area contributed by atoms with Crippen molar-refractivity contribution in [2.24, 2.45) is 41.4 Å². The zero-order valence-corrected chi connectivity index (χ0v) is 51.4. The number of aliphatic hydroxyl groups is 3. The molecule has 0 amide bonds. The Kier molecular flexibility index (Phi) is 20.3. The molecule has 7 heterocycles. The number of rotatable bonds is 15. The van der Waals surface area contributed by atoms with Gasteiger partial charge < -0.3 is 62.8 Å². The molecule has 0 saturated carbocycles. The van der Waals surface area contributed by atoms with Gasteiger partial charge in [-0.05, 0) is 139 Å². The van der Waals surface area contributed by atoms with Crippen LogP contribution < -0.4 is 45.0 Å². The molecule has 19 atom stereocenters. The van der Waals surface area contributed by atoms with E-state index in [0.717, 1.165) is 17.4 Å². The van der Waals surface area contributed by atoms with Crippen LogP contribution in [0.1, 0.15) is 163 Å². The van der Waals surface area contributed by atoms with Crippen molar-refractivity contribution in [2.75, 3.05) is 0 Å². The van der Waals surface area contributed by atoms with Gasteiger partial charge in [-0.3, -0.25) is 4.79 Å². The molecule has 4 saturated heterocycles. The molecule has 3 aromatic rings. The number of aliphatic carboxylic acids is 1. The summed E-state index contributed by atoms with van der Waals surface area (Å²) < 4.78 is 50.4. The molecule has 0 aliphatic carbocycles. The summed E-state index contributed by atoms with van der Waals surface area (Å²) in [6.45, 7) is 23.2. The second kappa shape index (κ2) is 25.4. The number of hydrogen-bond acceptors (Lipinski definition) is 16. The number of carboxylic acids is 1. The summed E-state index contributed by atoms with van der Waals surface area (Å²) in [5.74, 6) is -5.96. The summed E-state index contributed by atoms with van der Waals surface area (Å²) in [6.07, 6.45) is 5.51. The largest absolute Gasteiger partial charge is 1.00 e. The van der Waals surface area contributed by atoms with Crippen LogP contribution in [0.15, 0.2) is 76.0 Å². The Bertz CT molecular complexity index is 2730. The molecule has 0 radical (unpaired) electrons. The Balaban J connectivity index is 0.000000285. The van der Waals surface area contributed by atoms with Crippen LogP contribution in [0.2, 0.25) is 0 Å².